The van der Waals surface area contributed by atoms with E-state index in [-0.39, 0.29) is 0 Å². The Morgan fingerprint density at radius 3 is 2.74 bits per heavy atom. The average molecular weight is 258 g/mol. The summed E-state index contributed by atoms with van der Waals surface area (Å²) < 4.78 is 0. The Kier molecular flexibility index (Phi) is 3.06. The molecule has 1 aliphatic heterocycles. The number of nitrogen functional groups attached to an aromatic ring is 1. The minimum atomic E-state index is 0.352. The van der Waals surface area contributed by atoms with Gasteiger partial charge in [0, 0.05) is 42.7 Å². The lowest BCUT2D eigenvalue weighted by molar-refractivity contribution is 0.493. The van der Waals surface area contributed by atoms with Crippen molar-refractivity contribution < 1.29 is 0 Å². The van der Waals surface area contributed by atoms with Crippen LogP contribution in [0.4, 0.5) is 11.8 Å². The fourth-order valence-corrected chi connectivity index (χ4v) is 2.65. The van der Waals surface area contributed by atoms with E-state index in [2.05, 4.69) is 31.1 Å². The Balaban J connectivity index is 1.70. The second kappa shape index (κ2) is 4.87. The maximum atomic E-state index is 5.71. The third kappa shape index (κ3) is 2.52. The Morgan fingerprint density at radius 1 is 1.32 bits per heavy atom. The number of hydrogen-bond donors (Lipinski definition) is 2. The smallest absolute Gasteiger partial charge is 0.222 e. The Bertz CT molecular complexity index is 522. The standard InChI is InChI=1S/C13H18N6/c1-9-8-12(17-13(14)16-9)19-6-3-10(4-7-19)11-2-5-15-18-11/h2,5,8,10H,3-4,6-7H2,1H3,(H,15,18)(H2,14,16,17). The van der Waals surface area contributed by atoms with Gasteiger partial charge >= 0.3 is 0 Å². The highest BCUT2D eigenvalue weighted by Gasteiger charge is 2.22. The molecule has 0 aromatic carbocycles. The molecule has 0 saturated carbocycles. The second-order valence-electron chi connectivity index (χ2n) is 5.00. The lowest BCUT2D eigenvalue weighted by Crippen LogP contribution is -2.33. The molecule has 3 heterocycles. The van der Waals surface area contributed by atoms with Crippen molar-refractivity contribution in [2.24, 2.45) is 0 Å². The summed E-state index contributed by atoms with van der Waals surface area (Å²) in [5, 5.41) is 7.09. The number of nitrogens with one attached hydrogen (secondary N) is 1. The van der Waals surface area contributed by atoms with Gasteiger partial charge in [0.2, 0.25) is 5.95 Å². The first-order valence-corrected chi connectivity index (χ1v) is 6.58. The van der Waals surface area contributed by atoms with Gasteiger partial charge in [0.05, 0.1) is 0 Å². The number of rotatable bonds is 2. The van der Waals surface area contributed by atoms with Crippen LogP contribution in [0.5, 0.6) is 0 Å². The molecule has 0 amide bonds. The predicted molar refractivity (Wildman–Crippen MR) is 74.0 cm³/mol. The van der Waals surface area contributed by atoms with Crippen LogP contribution in [0.1, 0.15) is 30.1 Å². The van der Waals surface area contributed by atoms with E-state index in [0.717, 1.165) is 37.4 Å². The zero-order valence-electron chi connectivity index (χ0n) is 11.0. The van der Waals surface area contributed by atoms with Crippen molar-refractivity contribution >= 4 is 11.8 Å². The molecule has 6 heteroatoms. The summed E-state index contributed by atoms with van der Waals surface area (Å²) in [5.41, 5.74) is 7.86. The maximum absolute atomic E-state index is 5.71. The largest absolute Gasteiger partial charge is 0.368 e. The third-order valence-corrected chi connectivity index (χ3v) is 3.64. The van der Waals surface area contributed by atoms with Crippen LogP contribution >= 0.6 is 0 Å². The molecule has 1 fully saturated rings. The van der Waals surface area contributed by atoms with E-state index < -0.39 is 0 Å². The molecule has 0 radical (unpaired) electrons. The van der Waals surface area contributed by atoms with E-state index in [1.54, 1.807) is 0 Å². The van der Waals surface area contributed by atoms with Crippen molar-refractivity contribution in [3.8, 4) is 0 Å². The summed E-state index contributed by atoms with van der Waals surface area (Å²) in [6, 6.07) is 4.06. The summed E-state index contributed by atoms with van der Waals surface area (Å²) in [4.78, 5) is 10.7. The van der Waals surface area contributed by atoms with Crippen molar-refractivity contribution in [1.82, 2.24) is 20.2 Å². The number of nitrogens with zero attached hydrogens (tertiary/aromatic N) is 4. The zero-order valence-corrected chi connectivity index (χ0v) is 11.0. The third-order valence-electron chi connectivity index (χ3n) is 3.64. The van der Waals surface area contributed by atoms with Gasteiger partial charge in [0.15, 0.2) is 0 Å². The van der Waals surface area contributed by atoms with Gasteiger partial charge in [-0.2, -0.15) is 10.1 Å². The summed E-state index contributed by atoms with van der Waals surface area (Å²) in [7, 11) is 0. The number of aromatic nitrogens is 4. The van der Waals surface area contributed by atoms with Crippen molar-refractivity contribution in [2.45, 2.75) is 25.7 Å². The van der Waals surface area contributed by atoms with Gasteiger partial charge in [-0.25, -0.2) is 4.98 Å². The molecule has 0 unspecified atom stereocenters. The fraction of sp³-hybridized carbons (Fsp3) is 0.462. The predicted octanol–water partition coefficient (Wildman–Crippen LogP) is 1.47. The normalized spacial score (nSPS) is 16.8. The van der Waals surface area contributed by atoms with E-state index in [1.165, 1.54) is 5.69 Å². The van der Waals surface area contributed by atoms with Crippen LogP contribution in [-0.4, -0.2) is 33.3 Å². The molecule has 19 heavy (non-hydrogen) atoms. The number of H-pyrrole nitrogens is 1. The summed E-state index contributed by atoms with van der Waals surface area (Å²) in [5.74, 6) is 1.86. The molecule has 0 atom stereocenters. The molecular weight excluding hydrogens is 240 g/mol. The molecule has 100 valence electrons. The van der Waals surface area contributed by atoms with Gasteiger partial charge in [0.1, 0.15) is 5.82 Å². The molecule has 6 nitrogen and oxygen atoms in total. The van der Waals surface area contributed by atoms with Crippen LogP contribution in [-0.2, 0) is 0 Å². The number of hydrogen-bond acceptors (Lipinski definition) is 5. The molecular formula is C13H18N6. The molecule has 0 bridgehead atoms. The minimum absolute atomic E-state index is 0.352. The second-order valence-corrected chi connectivity index (χ2v) is 5.00. The average Bonchev–Trinajstić information content (AvgIpc) is 2.91. The Labute approximate surface area is 112 Å². The van der Waals surface area contributed by atoms with Crippen molar-refractivity contribution in [3.05, 3.63) is 29.7 Å². The summed E-state index contributed by atoms with van der Waals surface area (Å²) in [6.07, 6.45) is 4.02. The van der Waals surface area contributed by atoms with Crippen LogP contribution in [0.3, 0.4) is 0 Å². The molecule has 2 aromatic rings. The number of piperidine rings is 1. The van der Waals surface area contributed by atoms with Crippen LogP contribution in [0.2, 0.25) is 0 Å². The highest BCUT2D eigenvalue weighted by Crippen LogP contribution is 2.28. The first-order chi connectivity index (χ1) is 9.22. The van der Waals surface area contributed by atoms with E-state index in [1.807, 2.05) is 19.2 Å². The van der Waals surface area contributed by atoms with Crippen LogP contribution < -0.4 is 10.6 Å². The van der Waals surface area contributed by atoms with Crippen LogP contribution in [0.25, 0.3) is 0 Å². The minimum Gasteiger partial charge on any atom is -0.368 e. The van der Waals surface area contributed by atoms with Crippen molar-refractivity contribution in [1.29, 1.82) is 0 Å². The lowest BCUT2D eigenvalue weighted by atomic mass is 9.94. The molecule has 1 saturated heterocycles. The maximum Gasteiger partial charge on any atom is 0.222 e. The van der Waals surface area contributed by atoms with Gasteiger partial charge in [0.25, 0.3) is 0 Å². The molecule has 2 aromatic heterocycles. The van der Waals surface area contributed by atoms with Crippen molar-refractivity contribution in [3.63, 3.8) is 0 Å². The van der Waals surface area contributed by atoms with Crippen molar-refractivity contribution in [2.75, 3.05) is 23.7 Å². The monoisotopic (exact) mass is 258 g/mol. The lowest BCUT2D eigenvalue weighted by Gasteiger charge is -2.32. The van der Waals surface area contributed by atoms with E-state index in [9.17, 15) is 0 Å². The van der Waals surface area contributed by atoms with Crippen LogP contribution in [0, 0.1) is 6.92 Å². The first kappa shape index (κ1) is 12.0. The van der Waals surface area contributed by atoms with Gasteiger partial charge in [-0.15, -0.1) is 0 Å². The fourth-order valence-electron chi connectivity index (χ4n) is 2.65. The SMILES string of the molecule is Cc1cc(N2CCC(c3ccn[nH]3)CC2)nc(N)n1. The number of aromatic amines is 1. The summed E-state index contributed by atoms with van der Waals surface area (Å²) >= 11 is 0. The molecule has 0 aliphatic carbocycles. The van der Waals surface area contributed by atoms with E-state index in [0.29, 0.717) is 11.9 Å². The zero-order chi connectivity index (χ0) is 13.2. The quantitative estimate of drug-likeness (QED) is 0.852. The van der Waals surface area contributed by atoms with Gasteiger partial charge in [-0.3, -0.25) is 5.10 Å². The van der Waals surface area contributed by atoms with E-state index in [4.69, 9.17) is 5.73 Å². The molecule has 1 aliphatic rings. The van der Waals surface area contributed by atoms with Gasteiger partial charge < -0.3 is 10.6 Å². The van der Waals surface area contributed by atoms with Crippen LogP contribution in [0.15, 0.2) is 18.3 Å². The Hall–Kier alpha value is -2.11. The highest BCUT2D eigenvalue weighted by atomic mass is 15.2. The molecule has 3 N–H and O–H groups in total. The summed E-state index contributed by atoms with van der Waals surface area (Å²) in [6.45, 7) is 3.91. The number of anilines is 2. The number of aryl methyl sites for hydroxylation is 1. The first-order valence-electron chi connectivity index (χ1n) is 6.58. The topological polar surface area (TPSA) is 83.7 Å². The Morgan fingerprint density at radius 2 is 2.11 bits per heavy atom. The van der Waals surface area contributed by atoms with Gasteiger partial charge in [-0.1, -0.05) is 0 Å². The van der Waals surface area contributed by atoms with Gasteiger partial charge in [-0.05, 0) is 25.8 Å². The van der Waals surface area contributed by atoms with E-state index >= 15 is 0 Å². The molecule has 3 rings (SSSR count). The number of nitrogens with two attached hydrogens (primary N) is 1. The molecule has 0 spiro atoms. The highest BCUT2D eigenvalue weighted by molar-refractivity contribution is 5.43.